The average Bonchev–Trinajstić information content (AvgIpc) is 2.90. The quantitative estimate of drug-likeness (QED) is 0.706. The van der Waals surface area contributed by atoms with Gasteiger partial charge >= 0.3 is 12.1 Å². The van der Waals surface area contributed by atoms with E-state index in [0.29, 0.717) is 38.8 Å². The normalized spacial score (nSPS) is 20.7. The van der Waals surface area contributed by atoms with Crippen molar-refractivity contribution in [3.05, 3.63) is 72.3 Å². The molecule has 2 aromatic rings. The molecule has 0 bridgehead atoms. The lowest BCUT2D eigenvalue weighted by atomic mass is 9.78. The third-order valence-corrected chi connectivity index (χ3v) is 6.53. The third kappa shape index (κ3) is 3.60. The first-order valence-electron chi connectivity index (χ1n) is 10.5. The molecule has 0 spiro atoms. The van der Waals surface area contributed by atoms with Crippen LogP contribution in [0.25, 0.3) is 11.1 Å². The molecule has 1 fully saturated rings. The lowest BCUT2D eigenvalue weighted by molar-refractivity contribution is -0.149. The standard InChI is InChI=1S/C25H27NO4/c1-2-12-25(23(27)28)13-7-15-26(16-14-25)24(29)30-17-22-20-10-5-3-8-18(20)19-9-4-6-11-21(19)22/h2-6,8-11,22H,1,7,12-17H2,(H,27,28). The van der Waals surface area contributed by atoms with Crippen LogP contribution in [0.1, 0.15) is 42.7 Å². The van der Waals surface area contributed by atoms with Crippen LogP contribution in [0.2, 0.25) is 0 Å². The number of likely N-dealkylation sites (tertiary alicyclic amines) is 1. The average molecular weight is 405 g/mol. The van der Waals surface area contributed by atoms with Crippen molar-refractivity contribution in [2.45, 2.75) is 31.6 Å². The molecule has 1 amide bonds. The van der Waals surface area contributed by atoms with Crippen molar-refractivity contribution >= 4 is 12.1 Å². The fraction of sp³-hybridized carbons (Fsp3) is 0.360. The molecule has 1 N–H and O–H groups in total. The zero-order valence-corrected chi connectivity index (χ0v) is 17.0. The van der Waals surface area contributed by atoms with Crippen molar-refractivity contribution in [2.24, 2.45) is 5.41 Å². The Kier molecular flexibility index (Phi) is 5.62. The van der Waals surface area contributed by atoms with E-state index in [0.717, 1.165) is 0 Å². The molecule has 0 radical (unpaired) electrons. The molecule has 1 unspecified atom stereocenters. The van der Waals surface area contributed by atoms with E-state index in [9.17, 15) is 14.7 Å². The number of aliphatic carboxylic acids is 1. The Morgan fingerprint density at radius 1 is 1.07 bits per heavy atom. The third-order valence-electron chi connectivity index (χ3n) is 6.53. The number of carboxylic acid groups (broad SMARTS) is 1. The molecule has 1 atom stereocenters. The molecule has 2 aliphatic rings. The van der Waals surface area contributed by atoms with Gasteiger partial charge in [0.05, 0.1) is 5.41 Å². The SMILES string of the molecule is C=CCC1(C(=O)O)CCCN(C(=O)OCC2c3ccccc3-c3ccccc32)CC1. The van der Waals surface area contributed by atoms with Crippen LogP contribution in [0.15, 0.2) is 61.2 Å². The Labute approximate surface area is 177 Å². The van der Waals surface area contributed by atoms with Crippen LogP contribution in [-0.2, 0) is 9.53 Å². The lowest BCUT2D eigenvalue weighted by Crippen LogP contribution is -2.35. The summed E-state index contributed by atoms with van der Waals surface area (Å²) in [5, 5.41) is 9.72. The second kappa shape index (κ2) is 8.34. The number of rotatable bonds is 5. The number of carboxylic acids is 1. The minimum Gasteiger partial charge on any atom is -0.481 e. The molecule has 2 aromatic carbocycles. The van der Waals surface area contributed by atoms with Crippen molar-refractivity contribution in [1.29, 1.82) is 0 Å². The molecule has 30 heavy (non-hydrogen) atoms. The first-order valence-corrected chi connectivity index (χ1v) is 10.5. The van der Waals surface area contributed by atoms with Crippen LogP contribution in [0.4, 0.5) is 4.79 Å². The van der Waals surface area contributed by atoms with Crippen molar-refractivity contribution < 1.29 is 19.4 Å². The number of carbonyl (C=O) groups is 2. The van der Waals surface area contributed by atoms with Crippen LogP contribution in [0.3, 0.4) is 0 Å². The molecule has 1 saturated heterocycles. The Bertz CT molecular complexity index is 924. The molecular formula is C25H27NO4. The van der Waals surface area contributed by atoms with Crippen LogP contribution in [0.5, 0.6) is 0 Å². The molecule has 1 heterocycles. The number of ether oxygens (including phenoxy) is 1. The summed E-state index contributed by atoms with van der Waals surface area (Å²) >= 11 is 0. The highest BCUT2D eigenvalue weighted by Crippen LogP contribution is 2.44. The molecule has 0 aromatic heterocycles. The fourth-order valence-electron chi connectivity index (χ4n) is 4.84. The maximum absolute atomic E-state index is 12.8. The van der Waals surface area contributed by atoms with Gasteiger partial charge in [-0.15, -0.1) is 6.58 Å². The van der Waals surface area contributed by atoms with Gasteiger partial charge in [-0.25, -0.2) is 4.79 Å². The van der Waals surface area contributed by atoms with Gasteiger partial charge in [-0.1, -0.05) is 54.6 Å². The van der Waals surface area contributed by atoms with Gasteiger partial charge in [0, 0.05) is 19.0 Å². The summed E-state index contributed by atoms with van der Waals surface area (Å²) in [6.45, 7) is 4.89. The number of nitrogens with zero attached hydrogens (tertiary/aromatic N) is 1. The lowest BCUT2D eigenvalue weighted by Gasteiger charge is -2.27. The number of benzene rings is 2. The van der Waals surface area contributed by atoms with Gasteiger partial charge in [0.1, 0.15) is 6.61 Å². The summed E-state index contributed by atoms with van der Waals surface area (Å²) in [6.07, 6.45) is 3.32. The van der Waals surface area contributed by atoms with Crippen LogP contribution < -0.4 is 0 Å². The summed E-state index contributed by atoms with van der Waals surface area (Å²) in [5.41, 5.74) is 3.91. The van der Waals surface area contributed by atoms with Crippen molar-refractivity contribution in [3.63, 3.8) is 0 Å². The van der Waals surface area contributed by atoms with E-state index < -0.39 is 11.4 Å². The summed E-state index contributed by atoms with van der Waals surface area (Å²) < 4.78 is 5.74. The highest BCUT2D eigenvalue weighted by molar-refractivity contribution is 5.79. The van der Waals surface area contributed by atoms with Gasteiger partial charge in [0.2, 0.25) is 0 Å². The van der Waals surface area contributed by atoms with Crippen LogP contribution in [-0.4, -0.2) is 41.8 Å². The zero-order valence-electron chi connectivity index (χ0n) is 17.0. The van der Waals surface area contributed by atoms with Crippen molar-refractivity contribution in [1.82, 2.24) is 4.90 Å². The smallest absolute Gasteiger partial charge is 0.409 e. The molecule has 0 saturated carbocycles. The number of hydrogen-bond donors (Lipinski definition) is 1. The van der Waals surface area contributed by atoms with Gasteiger partial charge < -0.3 is 14.7 Å². The van der Waals surface area contributed by atoms with Crippen molar-refractivity contribution in [2.75, 3.05) is 19.7 Å². The van der Waals surface area contributed by atoms with E-state index in [1.54, 1.807) is 11.0 Å². The number of carbonyl (C=O) groups excluding carboxylic acids is 1. The second-order valence-electron chi connectivity index (χ2n) is 8.22. The maximum Gasteiger partial charge on any atom is 0.409 e. The number of allylic oxidation sites excluding steroid dienone is 1. The Hall–Kier alpha value is -3.08. The highest BCUT2D eigenvalue weighted by Gasteiger charge is 2.40. The molecule has 1 aliphatic carbocycles. The molecule has 156 valence electrons. The first-order chi connectivity index (χ1) is 14.6. The van der Waals surface area contributed by atoms with E-state index in [-0.39, 0.29) is 18.6 Å². The first kappa shape index (κ1) is 20.2. The molecule has 5 heteroatoms. The van der Waals surface area contributed by atoms with Gasteiger partial charge in [0.15, 0.2) is 0 Å². The predicted molar refractivity (Wildman–Crippen MR) is 115 cm³/mol. The second-order valence-corrected chi connectivity index (χ2v) is 8.22. The largest absolute Gasteiger partial charge is 0.481 e. The number of fused-ring (bicyclic) bond motifs is 3. The Morgan fingerprint density at radius 2 is 1.70 bits per heavy atom. The van der Waals surface area contributed by atoms with Gasteiger partial charge in [-0.3, -0.25) is 4.79 Å². The van der Waals surface area contributed by atoms with Crippen LogP contribution in [0, 0.1) is 5.41 Å². The van der Waals surface area contributed by atoms with Crippen LogP contribution >= 0.6 is 0 Å². The molecular weight excluding hydrogens is 378 g/mol. The Morgan fingerprint density at radius 3 is 2.30 bits per heavy atom. The predicted octanol–water partition coefficient (Wildman–Crippen LogP) is 5.07. The maximum atomic E-state index is 12.8. The van der Waals surface area contributed by atoms with Gasteiger partial charge in [-0.05, 0) is 47.9 Å². The van der Waals surface area contributed by atoms with E-state index >= 15 is 0 Å². The van der Waals surface area contributed by atoms with E-state index in [2.05, 4.69) is 30.8 Å². The van der Waals surface area contributed by atoms with E-state index in [4.69, 9.17) is 4.74 Å². The summed E-state index contributed by atoms with van der Waals surface area (Å²) in [5.74, 6) is -0.788. The topological polar surface area (TPSA) is 66.8 Å². The van der Waals surface area contributed by atoms with Gasteiger partial charge in [-0.2, -0.15) is 0 Å². The summed E-state index contributed by atoms with van der Waals surface area (Å²) in [4.78, 5) is 26.3. The minimum atomic E-state index is -0.833. The fourth-order valence-corrected chi connectivity index (χ4v) is 4.84. The number of hydrogen-bond acceptors (Lipinski definition) is 3. The van der Waals surface area contributed by atoms with E-state index in [1.807, 2.05) is 24.3 Å². The number of amides is 1. The molecule has 5 nitrogen and oxygen atoms in total. The molecule has 1 aliphatic heterocycles. The van der Waals surface area contributed by atoms with Gasteiger partial charge in [0.25, 0.3) is 0 Å². The monoisotopic (exact) mass is 405 g/mol. The highest BCUT2D eigenvalue weighted by atomic mass is 16.6. The zero-order chi connectivity index (χ0) is 21.1. The Balaban J connectivity index is 1.44. The van der Waals surface area contributed by atoms with Crippen molar-refractivity contribution in [3.8, 4) is 11.1 Å². The summed E-state index contributed by atoms with van der Waals surface area (Å²) in [7, 11) is 0. The van der Waals surface area contributed by atoms with E-state index in [1.165, 1.54) is 22.3 Å². The minimum absolute atomic E-state index is 0.0206. The molecule has 4 rings (SSSR count). The summed E-state index contributed by atoms with van der Waals surface area (Å²) in [6, 6.07) is 16.5.